The highest BCUT2D eigenvalue weighted by Crippen LogP contribution is 2.30. The van der Waals surface area contributed by atoms with Crippen LogP contribution in [0.3, 0.4) is 0 Å². The van der Waals surface area contributed by atoms with Crippen LogP contribution in [-0.4, -0.2) is 0 Å². The van der Waals surface area contributed by atoms with Gasteiger partial charge in [-0.3, -0.25) is 0 Å². The Hall–Kier alpha value is -0.790. The van der Waals surface area contributed by atoms with Gasteiger partial charge in [-0.25, -0.2) is 0 Å². The fourth-order valence-electron chi connectivity index (χ4n) is 2.03. The van der Waals surface area contributed by atoms with Crippen LogP contribution in [0.2, 0.25) is 5.02 Å². The van der Waals surface area contributed by atoms with Gasteiger partial charge in [0.1, 0.15) is 0 Å². The van der Waals surface area contributed by atoms with Crippen LogP contribution < -0.4 is 0 Å². The molecule has 0 aliphatic heterocycles. The van der Waals surface area contributed by atoms with Gasteiger partial charge < -0.3 is 0 Å². The van der Waals surface area contributed by atoms with Crippen molar-refractivity contribution in [2.75, 3.05) is 0 Å². The highest BCUT2D eigenvalue weighted by molar-refractivity contribution is 9.09. The molecule has 0 aromatic heterocycles. The average Bonchev–Trinajstić information content (AvgIpc) is 2.35. The standard InChI is InChI=1S/C16H16BrCl/c1-11-3-4-12(2)15(9-11)16(17)10-13-5-7-14(18)8-6-13/h3-9,16H,10H2,1-2H3. The number of hydrogen-bond donors (Lipinski definition) is 0. The highest BCUT2D eigenvalue weighted by atomic mass is 79.9. The topological polar surface area (TPSA) is 0 Å². The zero-order valence-corrected chi connectivity index (χ0v) is 12.9. The fourth-order valence-corrected chi connectivity index (χ4v) is 3.03. The van der Waals surface area contributed by atoms with Gasteiger partial charge >= 0.3 is 0 Å². The van der Waals surface area contributed by atoms with E-state index in [-0.39, 0.29) is 0 Å². The lowest BCUT2D eigenvalue weighted by Gasteiger charge is -2.14. The number of benzene rings is 2. The van der Waals surface area contributed by atoms with Crippen LogP contribution in [0.15, 0.2) is 42.5 Å². The minimum atomic E-state index is 0.346. The first-order chi connectivity index (χ1) is 8.56. The Morgan fingerprint density at radius 2 is 1.72 bits per heavy atom. The van der Waals surface area contributed by atoms with Gasteiger partial charge in [0.15, 0.2) is 0 Å². The molecule has 0 nitrogen and oxygen atoms in total. The van der Waals surface area contributed by atoms with Gasteiger partial charge in [0.25, 0.3) is 0 Å². The minimum absolute atomic E-state index is 0.346. The maximum absolute atomic E-state index is 5.90. The molecule has 0 heterocycles. The zero-order valence-electron chi connectivity index (χ0n) is 10.6. The van der Waals surface area contributed by atoms with Crippen molar-refractivity contribution < 1.29 is 0 Å². The molecule has 2 heteroatoms. The first-order valence-electron chi connectivity index (χ1n) is 6.02. The van der Waals surface area contributed by atoms with Crippen LogP contribution in [0.4, 0.5) is 0 Å². The van der Waals surface area contributed by atoms with E-state index >= 15 is 0 Å². The molecule has 0 saturated carbocycles. The first kappa shape index (κ1) is 13.6. The van der Waals surface area contributed by atoms with Crippen molar-refractivity contribution in [3.05, 3.63) is 69.7 Å². The Kier molecular flexibility index (Phi) is 4.47. The lowest BCUT2D eigenvalue weighted by Crippen LogP contribution is -1.98. The Bertz CT molecular complexity index is 531. The molecular weight excluding hydrogens is 308 g/mol. The summed E-state index contributed by atoms with van der Waals surface area (Å²) in [6, 6.07) is 14.6. The maximum Gasteiger partial charge on any atom is 0.0438 e. The maximum atomic E-state index is 5.90. The molecule has 1 unspecified atom stereocenters. The van der Waals surface area contributed by atoms with E-state index in [4.69, 9.17) is 11.6 Å². The summed E-state index contributed by atoms with van der Waals surface area (Å²) in [7, 11) is 0. The number of alkyl halides is 1. The molecule has 0 aliphatic carbocycles. The SMILES string of the molecule is Cc1ccc(C)c(C(Br)Cc2ccc(Cl)cc2)c1. The quantitative estimate of drug-likeness (QED) is 0.642. The zero-order chi connectivity index (χ0) is 13.1. The number of hydrogen-bond acceptors (Lipinski definition) is 0. The summed E-state index contributed by atoms with van der Waals surface area (Å²) in [5, 5.41) is 0.789. The summed E-state index contributed by atoms with van der Waals surface area (Å²) in [6.45, 7) is 4.29. The summed E-state index contributed by atoms with van der Waals surface area (Å²) in [4.78, 5) is 0.346. The van der Waals surface area contributed by atoms with Crippen molar-refractivity contribution in [3.8, 4) is 0 Å². The predicted octanol–water partition coefficient (Wildman–Crippen LogP) is 5.64. The van der Waals surface area contributed by atoms with Gasteiger partial charge in [-0.1, -0.05) is 63.4 Å². The van der Waals surface area contributed by atoms with Crippen LogP contribution in [0.1, 0.15) is 27.1 Å². The van der Waals surface area contributed by atoms with E-state index in [1.807, 2.05) is 12.1 Å². The molecule has 0 fully saturated rings. The van der Waals surface area contributed by atoms with E-state index in [2.05, 4.69) is 60.1 Å². The van der Waals surface area contributed by atoms with E-state index in [0.29, 0.717) is 4.83 Å². The van der Waals surface area contributed by atoms with Gasteiger partial charge in [0.05, 0.1) is 0 Å². The van der Waals surface area contributed by atoms with Crippen molar-refractivity contribution in [1.82, 2.24) is 0 Å². The Morgan fingerprint density at radius 3 is 2.39 bits per heavy atom. The molecule has 2 aromatic carbocycles. The van der Waals surface area contributed by atoms with Gasteiger partial charge in [-0.15, -0.1) is 0 Å². The van der Waals surface area contributed by atoms with E-state index in [9.17, 15) is 0 Å². The fraction of sp³-hybridized carbons (Fsp3) is 0.250. The Labute approximate surface area is 122 Å². The lowest BCUT2D eigenvalue weighted by atomic mass is 9.99. The molecule has 1 atom stereocenters. The second-order valence-electron chi connectivity index (χ2n) is 4.66. The molecule has 2 rings (SSSR count). The van der Waals surface area contributed by atoms with Crippen LogP contribution in [-0.2, 0) is 6.42 Å². The normalized spacial score (nSPS) is 12.4. The molecule has 0 spiro atoms. The van der Waals surface area contributed by atoms with Crippen molar-refractivity contribution in [1.29, 1.82) is 0 Å². The average molecular weight is 324 g/mol. The summed E-state index contributed by atoms with van der Waals surface area (Å²) in [5.74, 6) is 0. The van der Waals surface area contributed by atoms with Crippen molar-refractivity contribution >= 4 is 27.5 Å². The molecule has 0 amide bonds. The first-order valence-corrected chi connectivity index (χ1v) is 7.31. The highest BCUT2D eigenvalue weighted by Gasteiger charge is 2.11. The van der Waals surface area contributed by atoms with Crippen molar-refractivity contribution in [2.24, 2.45) is 0 Å². The third-order valence-corrected chi connectivity index (χ3v) is 4.17. The molecule has 18 heavy (non-hydrogen) atoms. The number of rotatable bonds is 3. The van der Waals surface area contributed by atoms with E-state index < -0.39 is 0 Å². The minimum Gasteiger partial charge on any atom is -0.0843 e. The smallest absolute Gasteiger partial charge is 0.0438 e. The molecule has 2 aromatic rings. The summed E-state index contributed by atoms with van der Waals surface area (Å²) >= 11 is 9.69. The Morgan fingerprint density at radius 1 is 1.06 bits per heavy atom. The third-order valence-electron chi connectivity index (χ3n) is 3.10. The van der Waals surface area contributed by atoms with Crippen molar-refractivity contribution in [3.63, 3.8) is 0 Å². The molecule has 0 N–H and O–H groups in total. The van der Waals surface area contributed by atoms with E-state index in [1.165, 1.54) is 22.3 Å². The molecular formula is C16H16BrCl. The van der Waals surface area contributed by atoms with Gasteiger partial charge in [-0.05, 0) is 49.1 Å². The summed E-state index contributed by atoms with van der Waals surface area (Å²) in [5.41, 5.74) is 5.29. The van der Waals surface area contributed by atoms with Gasteiger partial charge in [0.2, 0.25) is 0 Å². The monoisotopic (exact) mass is 322 g/mol. The Balaban J connectivity index is 2.18. The van der Waals surface area contributed by atoms with Crippen LogP contribution in [0.5, 0.6) is 0 Å². The van der Waals surface area contributed by atoms with E-state index in [1.54, 1.807) is 0 Å². The summed E-state index contributed by atoms with van der Waals surface area (Å²) < 4.78 is 0. The van der Waals surface area contributed by atoms with Gasteiger partial charge in [0, 0.05) is 9.85 Å². The second-order valence-corrected chi connectivity index (χ2v) is 6.20. The molecule has 0 saturated heterocycles. The molecule has 0 radical (unpaired) electrons. The number of halogens is 2. The van der Waals surface area contributed by atoms with Crippen LogP contribution in [0, 0.1) is 13.8 Å². The predicted molar refractivity (Wildman–Crippen MR) is 82.7 cm³/mol. The number of aryl methyl sites for hydroxylation is 2. The lowest BCUT2D eigenvalue weighted by molar-refractivity contribution is 0.936. The van der Waals surface area contributed by atoms with Crippen molar-refractivity contribution in [2.45, 2.75) is 25.1 Å². The molecule has 0 aliphatic rings. The third kappa shape index (κ3) is 3.37. The molecule has 94 valence electrons. The van der Waals surface area contributed by atoms with Crippen LogP contribution >= 0.6 is 27.5 Å². The summed E-state index contributed by atoms with van der Waals surface area (Å²) in [6.07, 6.45) is 0.974. The van der Waals surface area contributed by atoms with Crippen LogP contribution in [0.25, 0.3) is 0 Å². The second kappa shape index (κ2) is 5.90. The van der Waals surface area contributed by atoms with Gasteiger partial charge in [-0.2, -0.15) is 0 Å². The largest absolute Gasteiger partial charge is 0.0843 e. The molecule has 0 bridgehead atoms. The van der Waals surface area contributed by atoms with E-state index in [0.717, 1.165) is 11.4 Å².